The van der Waals surface area contributed by atoms with Crippen molar-refractivity contribution in [2.45, 2.75) is 19.9 Å². The van der Waals surface area contributed by atoms with Gasteiger partial charge in [0.25, 0.3) is 5.91 Å². The van der Waals surface area contributed by atoms with Crippen LogP contribution in [0.2, 0.25) is 0 Å². The standard InChI is InChI=1S/C19H19N3O/c1-14(2)22-18(12-13-20-22)21-19(23)17-10-8-16(9-11-17)15-6-4-3-5-7-15/h3-14H,1-2H3,(H,21,23). The summed E-state index contributed by atoms with van der Waals surface area (Å²) in [6, 6.07) is 19.7. The first-order valence-electron chi connectivity index (χ1n) is 7.65. The van der Waals surface area contributed by atoms with Crippen molar-refractivity contribution in [2.75, 3.05) is 5.32 Å². The van der Waals surface area contributed by atoms with Crippen molar-refractivity contribution >= 4 is 11.7 Å². The molecule has 0 saturated carbocycles. The molecule has 0 aliphatic carbocycles. The Morgan fingerprint density at radius 1 is 0.957 bits per heavy atom. The highest BCUT2D eigenvalue weighted by molar-refractivity contribution is 6.04. The van der Waals surface area contributed by atoms with Gasteiger partial charge in [0.2, 0.25) is 0 Å². The summed E-state index contributed by atoms with van der Waals surface area (Å²) in [6.07, 6.45) is 1.69. The number of amides is 1. The number of rotatable bonds is 4. The first-order chi connectivity index (χ1) is 11.1. The second-order valence-electron chi connectivity index (χ2n) is 5.65. The molecule has 0 spiro atoms. The van der Waals surface area contributed by atoms with Crippen LogP contribution in [-0.4, -0.2) is 15.7 Å². The SMILES string of the molecule is CC(C)n1nccc1NC(=O)c1ccc(-c2ccccc2)cc1. The van der Waals surface area contributed by atoms with E-state index >= 15 is 0 Å². The number of nitrogens with one attached hydrogen (secondary N) is 1. The summed E-state index contributed by atoms with van der Waals surface area (Å²) in [4.78, 5) is 12.4. The highest BCUT2D eigenvalue weighted by Gasteiger charge is 2.11. The van der Waals surface area contributed by atoms with Crippen LogP contribution in [0.5, 0.6) is 0 Å². The minimum atomic E-state index is -0.132. The van der Waals surface area contributed by atoms with Crippen LogP contribution in [0, 0.1) is 0 Å². The van der Waals surface area contributed by atoms with Gasteiger partial charge in [-0.3, -0.25) is 4.79 Å². The van der Waals surface area contributed by atoms with Crippen LogP contribution in [0.15, 0.2) is 66.9 Å². The van der Waals surface area contributed by atoms with E-state index in [-0.39, 0.29) is 11.9 Å². The molecular formula is C19H19N3O. The summed E-state index contributed by atoms with van der Waals surface area (Å²) in [5, 5.41) is 7.13. The molecule has 4 heteroatoms. The van der Waals surface area contributed by atoms with E-state index in [1.165, 1.54) is 0 Å². The molecule has 2 aromatic carbocycles. The first-order valence-corrected chi connectivity index (χ1v) is 7.65. The zero-order valence-corrected chi connectivity index (χ0v) is 13.2. The fourth-order valence-electron chi connectivity index (χ4n) is 2.46. The Bertz CT molecular complexity index is 789. The summed E-state index contributed by atoms with van der Waals surface area (Å²) in [7, 11) is 0. The van der Waals surface area contributed by atoms with E-state index in [9.17, 15) is 4.79 Å². The molecule has 0 saturated heterocycles. The predicted octanol–water partition coefficient (Wildman–Crippen LogP) is 4.38. The van der Waals surface area contributed by atoms with Crippen molar-refractivity contribution in [2.24, 2.45) is 0 Å². The van der Waals surface area contributed by atoms with Gasteiger partial charge in [-0.25, -0.2) is 4.68 Å². The summed E-state index contributed by atoms with van der Waals surface area (Å²) in [6.45, 7) is 4.05. The van der Waals surface area contributed by atoms with Crippen molar-refractivity contribution in [1.29, 1.82) is 0 Å². The van der Waals surface area contributed by atoms with Crippen LogP contribution in [0.25, 0.3) is 11.1 Å². The Labute approximate surface area is 135 Å². The van der Waals surface area contributed by atoms with E-state index in [0.717, 1.165) is 11.1 Å². The fraction of sp³-hybridized carbons (Fsp3) is 0.158. The molecule has 3 aromatic rings. The molecule has 23 heavy (non-hydrogen) atoms. The van der Waals surface area contributed by atoms with Gasteiger partial charge in [0.1, 0.15) is 5.82 Å². The minimum Gasteiger partial charge on any atom is -0.307 e. The highest BCUT2D eigenvalue weighted by Crippen LogP contribution is 2.20. The molecule has 0 radical (unpaired) electrons. The Morgan fingerprint density at radius 3 is 2.26 bits per heavy atom. The number of nitrogens with zero attached hydrogens (tertiary/aromatic N) is 2. The lowest BCUT2D eigenvalue weighted by Gasteiger charge is -2.12. The second kappa shape index (κ2) is 6.48. The molecule has 1 amide bonds. The van der Waals surface area contributed by atoms with Crippen LogP contribution in [0.1, 0.15) is 30.2 Å². The van der Waals surface area contributed by atoms with Crippen molar-refractivity contribution in [3.05, 3.63) is 72.4 Å². The van der Waals surface area contributed by atoms with Crippen LogP contribution in [0.4, 0.5) is 5.82 Å². The fourth-order valence-corrected chi connectivity index (χ4v) is 2.46. The van der Waals surface area contributed by atoms with Crippen LogP contribution in [0.3, 0.4) is 0 Å². The van der Waals surface area contributed by atoms with Gasteiger partial charge >= 0.3 is 0 Å². The summed E-state index contributed by atoms with van der Waals surface area (Å²) in [5.74, 6) is 0.573. The van der Waals surface area contributed by atoms with E-state index in [2.05, 4.69) is 22.5 Å². The third-order valence-corrected chi connectivity index (χ3v) is 3.66. The van der Waals surface area contributed by atoms with E-state index < -0.39 is 0 Å². The quantitative estimate of drug-likeness (QED) is 0.777. The van der Waals surface area contributed by atoms with E-state index in [1.807, 2.05) is 56.3 Å². The maximum absolute atomic E-state index is 12.4. The number of anilines is 1. The minimum absolute atomic E-state index is 0.132. The van der Waals surface area contributed by atoms with Gasteiger partial charge in [-0.1, -0.05) is 42.5 Å². The molecule has 3 rings (SSSR count). The maximum Gasteiger partial charge on any atom is 0.256 e. The number of benzene rings is 2. The van der Waals surface area contributed by atoms with E-state index in [4.69, 9.17) is 0 Å². The van der Waals surface area contributed by atoms with Gasteiger partial charge < -0.3 is 5.32 Å². The summed E-state index contributed by atoms with van der Waals surface area (Å²) >= 11 is 0. The van der Waals surface area contributed by atoms with Crippen LogP contribution in [-0.2, 0) is 0 Å². The molecule has 1 heterocycles. The van der Waals surface area contributed by atoms with Crippen molar-refractivity contribution in [1.82, 2.24) is 9.78 Å². The lowest BCUT2D eigenvalue weighted by molar-refractivity contribution is 0.102. The lowest BCUT2D eigenvalue weighted by atomic mass is 10.0. The number of aromatic nitrogens is 2. The average Bonchev–Trinajstić information content (AvgIpc) is 3.04. The average molecular weight is 305 g/mol. The third kappa shape index (κ3) is 3.31. The molecule has 0 aliphatic rings. The summed E-state index contributed by atoms with van der Waals surface area (Å²) in [5.41, 5.74) is 2.85. The number of hydrogen-bond donors (Lipinski definition) is 1. The molecule has 4 nitrogen and oxygen atoms in total. The zero-order valence-electron chi connectivity index (χ0n) is 13.2. The van der Waals surface area contributed by atoms with Gasteiger partial charge in [0, 0.05) is 17.7 Å². The molecule has 1 aromatic heterocycles. The molecule has 116 valence electrons. The lowest BCUT2D eigenvalue weighted by Crippen LogP contribution is -2.16. The number of carbonyl (C=O) groups excluding carboxylic acids is 1. The van der Waals surface area contributed by atoms with Crippen LogP contribution < -0.4 is 5.32 Å². The number of hydrogen-bond acceptors (Lipinski definition) is 2. The predicted molar refractivity (Wildman–Crippen MR) is 92.4 cm³/mol. The maximum atomic E-state index is 12.4. The Hall–Kier alpha value is -2.88. The van der Waals surface area contributed by atoms with Gasteiger partial charge in [-0.05, 0) is 37.1 Å². The molecular weight excluding hydrogens is 286 g/mol. The first kappa shape index (κ1) is 15.0. The molecule has 0 fully saturated rings. The van der Waals surface area contributed by atoms with Crippen molar-refractivity contribution in [3.8, 4) is 11.1 Å². The molecule has 0 atom stereocenters. The topological polar surface area (TPSA) is 46.9 Å². The van der Waals surface area contributed by atoms with Gasteiger partial charge in [0.15, 0.2) is 0 Å². The van der Waals surface area contributed by atoms with Gasteiger partial charge in [0.05, 0.1) is 6.20 Å². The van der Waals surface area contributed by atoms with Gasteiger partial charge in [-0.15, -0.1) is 0 Å². The second-order valence-corrected chi connectivity index (χ2v) is 5.65. The largest absolute Gasteiger partial charge is 0.307 e. The molecule has 1 N–H and O–H groups in total. The highest BCUT2D eigenvalue weighted by atomic mass is 16.1. The smallest absolute Gasteiger partial charge is 0.256 e. The van der Waals surface area contributed by atoms with E-state index in [0.29, 0.717) is 11.4 Å². The number of carbonyl (C=O) groups is 1. The monoisotopic (exact) mass is 305 g/mol. The third-order valence-electron chi connectivity index (χ3n) is 3.66. The Balaban J connectivity index is 1.77. The van der Waals surface area contributed by atoms with E-state index in [1.54, 1.807) is 16.9 Å². The Morgan fingerprint density at radius 2 is 1.61 bits per heavy atom. The Kier molecular flexibility index (Phi) is 4.24. The molecule has 0 aliphatic heterocycles. The van der Waals surface area contributed by atoms with Crippen LogP contribution >= 0.6 is 0 Å². The zero-order chi connectivity index (χ0) is 16.2. The molecule has 0 bridgehead atoms. The normalized spacial score (nSPS) is 10.7. The summed E-state index contributed by atoms with van der Waals surface area (Å²) < 4.78 is 1.79. The van der Waals surface area contributed by atoms with Gasteiger partial charge in [-0.2, -0.15) is 5.10 Å². The van der Waals surface area contributed by atoms with Crippen molar-refractivity contribution < 1.29 is 4.79 Å². The van der Waals surface area contributed by atoms with Crippen molar-refractivity contribution in [3.63, 3.8) is 0 Å². The molecule has 0 unspecified atom stereocenters.